The number of hydrogen-bond acceptors (Lipinski definition) is 5. The van der Waals surface area contributed by atoms with E-state index in [9.17, 15) is 9.90 Å². The third-order valence-electron chi connectivity index (χ3n) is 3.27. The molecule has 0 saturated heterocycles. The highest BCUT2D eigenvalue weighted by Crippen LogP contribution is 2.32. The summed E-state index contributed by atoms with van der Waals surface area (Å²) in [4.78, 5) is 12.0. The largest absolute Gasteiger partial charge is 0.504 e. The van der Waals surface area contributed by atoms with Crippen LogP contribution in [0.2, 0.25) is 0 Å². The summed E-state index contributed by atoms with van der Waals surface area (Å²) in [6, 6.07) is 4.43. The summed E-state index contributed by atoms with van der Waals surface area (Å²) in [5.74, 6) is 0.198. The Balaban J connectivity index is 2.84. The molecule has 1 unspecified atom stereocenters. The van der Waals surface area contributed by atoms with Gasteiger partial charge in [0.15, 0.2) is 17.8 Å². The van der Waals surface area contributed by atoms with Gasteiger partial charge in [0.2, 0.25) is 0 Å². The molecule has 1 atom stereocenters. The molecule has 118 valence electrons. The fraction of sp³-hybridized carbons (Fsp3) is 0.562. The molecular formula is C16H24O5. The van der Waals surface area contributed by atoms with Gasteiger partial charge in [-0.05, 0) is 46.2 Å². The van der Waals surface area contributed by atoms with Gasteiger partial charge in [-0.3, -0.25) is 4.79 Å². The molecule has 0 radical (unpaired) electrons. The maximum absolute atomic E-state index is 12.0. The van der Waals surface area contributed by atoms with E-state index < -0.39 is 11.7 Å². The molecule has 0 fully saturated rings. The molecule has 0 heterocycles. The van der Waals surface area contributed by atoms with E-state index >= 15 is 0 Å². The van der Waals surface area contributed by atoms with Crippen LogP contribution in [0.25, 0.3) is 0 Å². The van der Waals surface area contributed by atoms with Gasteiger partial charge in [0.25, 0.3) is 0 Å². The molecule has 5 heteroatoms. The number of hydrogen-bond donors (Lipinski definition) is 1. The van der Waals surface area contributed by atoms with Crippen LogP contribution >= 0.6 is 0 Å². The number of benzene rings is 1. The third kappa shape index (κ3) is 4.93. The Morgan fingerprint density at radius 2 is 2.00 bits per heavy atom. The van der Waals surface area contributed by atoms with E-state index in [2.05, 4.69) is 0 Å². The van der Waals surface area contributed by atoms with Crippen molar-refractivity contribution >= 4 is 5.97 Å². The summed E-state index contributed by atoms with van der Waals surface area (Å²) in [7, 11) is 0. The molecule has 0 saturated carbocycles. The molecule has 1 aromatic carbocycles. The minimum absolute atomic E-state index is 0.0314. The Labute approximate surface area is 125 Å². The zero-order valence-electron chi connectivity index (χ0n) is 13.3. The number of esters is 1. The molecule has 1 N–H and O–H groups in total. The fourth-order valence-electron chi connectivity index (χ4n) is 1.49. The third-order valence-corrected chi connectivity index (χ3v) is 3.27. The molecule has 0 aliphatic rings. The Morgan fingerprint density at radius 3 is 2.57 bits per heavy atom. The van der Waals surface area contributed by atoms with Crippen LogP contribution in [0, 0.1) is 5.41 Å². The Bertz CT molecular complexity index is 482. The summed E-state index contributed by atoms with van der Waals surface area (Å²) >= 11 is 0. The van der Waals surface area contributed by atoms with Crippen LogP contribution in [0.4, 0.5) is 0 Å². The first-order valence-corrected chi connectivity index (χ1v) is 7.13. The van der Waals surface area contributed by atoms with Gasteiger partial charge in [0.05, 0.1) is 5.41 Å². The first kappa shape index (κ1) is 17.3. The first-order valence-electron chi connectivity index (χ1n) is 7.13. The van der Waals surface area contributed by atoms with Crippen molar-refractivity contribution in [3.8, 4) is 17.2 Å². The van der Waals surface area contributed by atoms with E-state index in [1.54, 1.807) is 6.92 Å². The van der Waals surface area contributed by atoms with Crippen molar-refractivity contribution < 1.29 is 24.1 Å². The summed E-state index contributed by atoms with van der Waals surface area (Å²) in [5.41, 5.74) is -0.558. The van der Waals surface area contributed by atoms with Crippen molar-refractivity contribution in [2.45, 2.75) is 47.3 Å². The number of aromatic hydroxyl groups is 1. The predicted molar refractivity (Wildman–Crippen MR) is 79.5 cm³/mol. The van der Waals surface area contributed by atoms with Gasteiger partial charge < -0.3 is 19.3 Å². The van der Waals surface area contributed by atoms with E-state index in [1.807, 2.05) is 27.7 Å². The molecule has 21 heavy (non-hydrogen) atoms. The lowest BCUT2D eigenvalue weighted by atomic mass is 9.91. The fourth-order valence-corrected chi connectivity index (χ4v) is 1.49. The SMILES string of the molecule is CCOC(C)Oc1cc(OC(=O)C(C)(C)CC)ccc1O. The molecule has 0 aliphatic heterocycles. The standard InChI is InChI=1S/C16H24O5/c1-6-16(4,5)15(18)21-12-8-9-13(17)14(10-12)20-11(3)19-7-2/h8-11,17H,6-7H2,1-5H3. The highest BCUT2D eigenvalue weighted by molar-refractivity contribution is 5.78. The van der Waals surface area contributed by atoms with Crippen molar-refractivity contribution in [3.05, 3.63) is 18.2 Å². The van der Waals surface area contributed by atoms with Crippen molar-refractivity contribution in [2.24, 2.45) is 5.41 Å². The van der Waals surface area contributed by atoms with Crippen molar-refractivity contribution in [3.63, 3.8) is 0 Å². The molecule has 1 aromatic rings. The van der Waals surface area contributed by atoms with Crippen LogP contribution in [0.5, 0.6) is 17.2 Å². The number of carbonyl (C=O) groups is 1. The quantitative estimate of drug-likeness (QED) is 0.474. The lowest BCUT2D eigenvalue weighted by molar-refractivity contribution is -0.144. The van der Waals surface area contributed by atoms with Gasteiger partial charge >= 0.3 is 5.97 Å². The molecule has 1 rings (SSSR count). The number of carbonyl (C=O) groups excluding carboxylic acids is 1. The van der Waals surface area contributed by atoms with Crippen LogP contribution in [0.3, 0.4) is 0 Å². The molecule has 0 aromatic heterocycles. The van der Waals surface area contributed by atoms with Gasteiger partial charge in [0.1, 0.15) is 5.75 Å². The normalized spacial score (nSPS) is 12.8. The summed E-state index contributed by atoms with van der Waals surface area (Å²) < 4.78 is 16.0. The van der Waals surface area contributed by atoms with Crippen molar-refractivity contribution in [2.75, 3.05) is 6.61 Å². The van der Waals surface area contributed by atoms with E-state index in [1.165, 1.54) is 18.2 Å². The van der Waals surface area contributed by atoms with Crippen molar-refractivity contribution in [1.82, 2.24) is 0 Å². The Hall–Kier alpha value is -1.75. The number of rotatable bonds is 7. The topological polar surface area (TPSA) is 65.0 Å². The smallest absolute Gasteiger partial charge is 0.316 e. The maximum Gasteiger partial charge on any atom is 0.316 e. The zero-order chi connectivity index (χ0) is 16.0. The molecule has 0 aliphatic carbocycles. The lowest BCUT2D eigenvalue weighted by Crippen LogP contribution is -2.28. The monoisotopic (exact) mass is 296 g/mol. The highest BCUT2D eigenvalue weighted by Gasteiger charge is 2.27. The average Bonchev–Trinajstić information content (AvgIpc) is 2.42. The predicted octanol–water partition coefficient (Wildman–Crippen LogP) is 3.50. The Morgan fingerprint density at radius 1 is 1.33 bits per heavy atom. The van der Waals surface area contributed by atoms with Gasteiger partial charge in [0, 0.05) is 12.7 Å². The van der Waals surface area contributed by atoms with Crippen LogP contribution < -0.4 is 9.47 Å². The van der Waals surface area contributed by atoms with Gasteiger partial charge in [-0.25, -0.2) is 0 Å². The van der Waals surface area contributed by atoms with Crippen LogP contribution in [-0.2, 0) is 9.53 Å². The van der Waals surface area contributed by atoms with Crippen molar-refractivity contribution in [1.29, 1.82) is 0 Å². The Kier molecular flexibility index (Phi) is 6.03. The lowest BCUT2D eigenvalue weighted by Gasteiger charge is -2.21. The zero-order valence-corrected chi connectivity index (χ0v) is 13.3. The maximum atomic E-state index is 12.0. The van der Waals surface area contributed by atoms with Crippen LogP contribution in [-0.4, -0.2) is 24.0 Å². The second-order valence-electron chi connectivity index (χ2n) is 5.40. The molecule has 0 amide bonds. The average molecular weight is 296 g/mol. The molecule has 0 bridgehead atoms. The molecule has 0 spiro atoms. The second kappa shape index (κ2) is 7.31. The van der Waals surface area contributed by atoms with E-state index in [-0.39, 0.29) is 17.5 Å². The van der Waals surface area contributed by atoms with E-state index in [4.69, 9.17) is 14.2 Å². The number of ether oxygens (including phenoxy) is 3. The van der Waals surface area contributed by atoms with Crippen LogP contribution in [0.1, 0.15) is 41.0 Å². The first-order chi connectivity index (χ1) is 9.80. The van der Waals surface area contributed by atoms with Crippen LogP contribution in [0.15, 0.2) is 18.2 Å². The highest BCUT2D eigenvalue weighted by atomic mass is 16.7. The molecular weight excluding hydrogens is 272 g/mol. The minimum atomic E-state index is -0.558. The number of phenolic OH excluding ortho intramolecular Hbond substituents is 1. The number of phenols is 1. The molecule has 5 nitrogen and oxygen atoms in total. The van der Waals surface area contributed by atoms with Gasteiger partial charge in [-0.15, -0.1) is 0 Å². The minimum Gasteiger partial charge on any atom is -0.504 e. The van der Waals surface area contributed by atoms with E-state index in [0.29, 0.717) is 18.8 Å². The van der Waals surface area contributed by atoms with Gasteiger partial charge in [-0.2, -0.15) is 0 Å². The summed E-state index contributed by atoms with van der Waals surface area (Å²) in [5, 5.41) is 9.77. The second-order valence-corrected chi connectivity index (χ2v) is 5.40. The van der Waals surface area contributed by atoms with E-state index in [0.717, 1.165) is 0 Å². The van der Waals surface area contributed by atoms with Gasteiger partial charge in [-0.1, -0.05) is 6.92 Å². The summed E-state index contributed by atoms with van der Waals surface area (Å²) in [6.07, 6.45) is 0.174. The summed E-state index contributed by atoms with van der Waals surface area (Å²) in [6.45, 7) is 9.65.